The molecule has 0 radical (unpaired) electrons. The summed E-state index contributed by atoms with van der Waals surface area (Å²) in [6.45, 7) is 9.44. The lowest BCUT2D eigenvalue weighted by molar-refractivity contribution is 0.178. The summed E-state index contributed by atoms with van der Waals surface area (Å²) in [5.74, 6) is 2.28. The van der Waals surface area contributed by atoms with Crippen LogP contribution < -0.4 is 5.32 Å². The fourth-order valence-electron chi connectivity index (χ4n) is 2.58. The summed E-state index contributed by atoms with van der Waals surface area (Å²) in [6.07, 6.45) is 3.73. The summed E-state index contributed by atoms with van der Waals surface area (Å²) in [7, 11) is 0. The lowest BCUT2D eigenvalue weighted by atomic mass is 9.97. The van der Waals surface area contributed by atoms with Crippen LogP contribution in [0.1, 0.15) is 37.9 Å². The summed E-state index contributed by atoms with van der Waals surface area (Å²) in [6, 6.07) is 0. The lowest BCUT2D eigenvalue weighted by Gasteiger charge is -2.29. The first-order valence-electron chi connectivity index (χ1n) is 7.00. The number of aryl methyl sites for hydroxylation is 1. The maximum atomic E-state index is 5.22. The Kier molecular flexibility index (Phi) is 5.13. The van der Waals surface area contributed by atoms with Crippen LogP contribution in [-0.4, -0.2) is 41.2 Å². The van der Waals surface area contributed by atoms with E-state index >= 15 is 0 Å². The first-order valence-corrected chi connectivity index (χ1v) is 7.00. The van der Waals surface area contributed by atoms with Crippen LogP contribution in [0.2, 0.25) is 0 Å². The monoisotopic (exact) mass is 252 g/mol. The largest absolute Gasteiger partial charge is 0.338 e. The van der Waals surface area contributed by atoms with Crippen molar-refractivity contribution >= 4 is 0 Å². The van der Waals surface area contributed by atoms with Crippen molar-refractivity contribution in [3.05, 3.63) is 11.7 Å². The molecule has 1 aromatic heterocycles. The van der Waals surface area contributed by atoms with Gasteiger partial charge in [0.1, 0.15) is 0 Å². The topological polar surface area (TPSA) is 54.2 Å². The van der Waals surface area contributed by atoms with Crippen LogP contribution in [0.3, 0.4) is 0 Å². The van der Waals surface area contributed by atoms with E-state index in [-0.39, 0.29) is 0 Å². The maximum Gasteiger partial charge on any atom is 0.240 e. The Balaban J connectivity index is 1.86. The third-order valence-electron chi connectivity index (χ3n) is 3.44. The third kappa shape index (κ3) is 4.07. The zero-order valence-corrected chi connectivity index (χ0v) is 11.5. The average Bonchev–Trinajstić information content (AvgIpc) is 2.76. The van der Waals surface area contributed by atoms with Crippen LogP contribution in [-0.2, 0) is 6.54 Å². The second-order valence-electron chi connectivity index (χ2n) is 5.16. The summed E-state index contributed by atoms with van der Waals surface area (Å²) < 4.78 is 5.22. The molecular formula is C13H24N4O. The van der Waals surface area contributed by atoms with Crippen LogP contribution in [0.5, 0.6) is 0 Å². The minimum Gasteiger partial charge on any atom is -0.338 e. The van der Waals surface area contributed by atoms with Crippen LogP contribution in [0.25, 0.3) is 0 Å². The number of hydrogen-bond donors (Lipinski definition) is 1. The fourth-order valence-corrected chi connectivity index (χ4v) is 2.58. The smallest absolute Gasteiger partial charge is 0.240 e. The van der Waals surface area contributed by atoms with Gasteiger partial charge in [-0.25, -0.2) is 0 Å². The number of hydrogen-bond acceptors (Lipinski definition) is 5. The molecule has 0 aromatic carbocycles. The van der Waals surface area contributed by atoms with Crippen LogP contribution >= 0.6 is 0 Å². The molecule has 2 heterocycles. The lowest BCUT2D eigenvalue weighted by Crippen LogP contribution is -2.36. The van der Waals surface area contributed by atoms with Crippen molar-refractivity contribution in [2.24, 2.45) is 5.92 Å². The van der Waals surface area contributed by atoms with Gasteiger partial charge >= 0.3 is 0 Å². The minimum atomic E-state index is 0.725. The van der Waals surface area contributed by atoms with Gasteiger partial charge in [-0.2, -0.15) is 4.98 Å². The van der Waals surface area contributed by atoms with Crippen molar-refractivity contribution in [2.75, 3.05) is 26.2 Å². The van der Waals surface area contributed by atoms with E-state index in [4.69, 9.17) is 4.52 Å². The highest BCUT2D eigenvalue weighted by molar-refractivity contribution is 4.83. The Morgan fingerprint density at radius 2 is 2.17 bits per heavy atom. The molecule has 0 spiro atoms. The minimum absolute atomic E-state index is 0.725. The van der Waals surface area contributed by atoms with Crippen molar-refractivity contribution in [1.82, 2.24) is 20.4 Å². The first kappa shape index (κ1) is 13.5. The summed E-state index contributed by atoms with van der Waals surface area (Å²) in [4.78, 5) is 6.74. The van der Waals surface area contributed by atoms with E-state index in [0.717, 1.165) is 56.8 Å². The van der Waals surface area contributed by atoms with Crippen molar-refractivity contribution in [2.45, 2.75) is 39.7 Å². The number of rotatable bonds is 6. The van der Waals surface area contributed by atoms with Gasteiger partial charge < -0.3 is 9.84 Å². The predicted molar refractivity (Wildman–Crippen MR) is 70.2 cm³/mol. The SMILES string of the molecule is CCCN(Cc1nc(C)no1)CC1CCNCC1. The van der Waals surface area contributed by atoms with Gasteiger partial charge in [-0.3, -0.25) is 4.90 Å². The second-order valence-corrected chi connectivity index (χ2v) is 5.16. The van der Waals surface area contributed by atoms with Gasteiger partial charge in [0.15, 0.2) is 5.82 Å². The van der Waals surface area contributed by atoms with Crippen LogP contribution in [0, 0.1) is 12.8 Å². The van der Waals surface area contributed by atoms with Crippen LogP contribution in [0.4, 0.5) is 0 Å². The van der Waals surface area contributed by atoms with E-state index in [1.54, 1.807) is 0 Å². The molecule has 1 aliphatic heterocycles. The van der Waals surface area contributed by atoms with Crippen molar-refractivity contribution in [3.63, 3.8) is 0 Å². The predicted octanol–water partition coefficient (Wildman–Crippen LogP) is 1.59. The number of piperidine rings is 1. The second kappa shape index (κ2) is 6.85. The van der Waals surface area contributed by atoms with Gasteiger partial charge in [0.2, 0.25) is 5.89 Å². The molecule has 0 bridgehead atoms. The van der Waals surface area contributed by atoms with Crippen molar-refractivity contribution in [3.8, 4) is 0 Å². The Hall–Kier alpha value is -0.940. The highest BCUT2D eigenvalue weighted by Crippen LogP contribution is 2.15. The molecule has 2 rings (SSSR count). The molecule has 1 saturated heterocycles. The van der Waals surface area contributed by atoms with E-state index in [1.807, 2.05) is 6.92 Å². The van der Waals surface area contributed by atoms with Gasteiger partial charge in [0.05, 0.1) is 6.54 Å². The summed E-state index contributed by atoms with van der Waals surface area (Å²) >= 11 is 0. The zero-order valence-electron chi connectivity index (χ0n) is 11.5. The fraction of sp³-hybridized carbons (Fsp3) is 0.846. The molecule has 18 heavy (non-hydrogen) atoms. The quantitative estimate of drug-likeness (QED) is 0.833. The normalized spacial score (nSPS) is 17.5. The maximum absolute atomic E-state index is 5.22. The molecule has 0 saturated carbocycles. The highest BCUT2D eigenvalue weighted by atomic mass is 16.5. The van der Waals surface area contributed by atoms with E-state index in [2.05, 4.69) is 27.3 Å². The van der Waals surface area contributed by atoms with Crippen LogP contribution in [0.15, 0.2) is 4.52 Å². The Morgan fingerprint density at radius 3 is 2.78 bits per heavy atom. The number of nitrogens with one attached hydrogen (secondary N) is 1. The Bertz CT molecular complexity index is 347. The number of aromatic nitrogens is 2. The average molecular weight is 252 g/mol. The molecule has 5 nitrogen and oxygen atoms in total. The molecule has 0 amide bonds. The third-order valence-corrected chi connectivity index (χ3v) is 3.44. The molecular weight excluding hydrogens is 228 g/mol. The van der Waals surface area contributed by atoms with Gasteiger partial charge in [-0.1, -0.05) is 12.1 Å². The zero-order chi connectivity index (χ0) is 12.8. The molecule has 5 heteroatoms. The number of nitrogens with zero attached hydrogens (tertiary/aromatic N) is 3. The molecule has 1 fully saturated rings. The molecule has 0 unspecified atom stereocenters. The van der Waals surface area contributed by atoms with E-state index < -0.39 is 0 Å². The van der Waals surface area contributed by atoms with Gasteiger partial charge in [-0.15, -0.1) is 0 Å². The molecule has 1 aromatic rings. The van der Waals surface area contributed by atoms with Gasteiger partial charge in [-0.05, 0) is 51.7 Å². The van der Waals surface area contributed by atoms with E-state index in [0.29, 0.717) is 0 Å². The molecule has 0 atom stereocenters. The molecule has 1 aliphatic rings. The summed E-state index contributed by atoms with van der Waals surface area (Å²) in [5.41, 5.74) is 0. The Morgan fingerprint density at radius 1 is 1.39 bits per heavy atom. The standard InChI is InChI=1S/C13H24N4O/c1-3-8-17(9-12-4-6-14-7-5-12)10-13-15-11(2)16-18-13/h12,14H,3-10H2,1-2H3. The van der Waals surface area contributed by atoms with E-state index in [1.165, 1.54) is 12.8 Å². The Labute approximate surface area is 109 Å². The van der Waals surface area contributed by atoms with Crippen molar-refractivity contribution in [1.29, 1.82) is 0 Å². The first-order chi connectivity index (χ1) is 8.78. The van der Waals surface area contributed by atoms with Gasteiger partial charge in [0, 0.05) is 6.54 Å². The van der Waals surface area contributed by atoms with Crippen molar-refractivity contribution < 1.29 is 4.52 Å². The highest BCUT2D eigenvalue weighted by Gasteiger charge is 2.18. The summed E-state index contributed by atoms with van der Waals surface area (Å²) in [5, 5.41) is 7.27. The molecule has 102 valence electrons. The van der Waals surface area contributed by atoms with E-state index in [9.17, 15) is 0 Å². The molecule has 1 N–H and O–H groups in total. The van der Waals surface area contributed by atoms with Gasteiger partial charge in [0.25, 0.3) is 0 Å². The molecule has 0 aliphatic carbocycles.